The average molecular weight is 640 g/mol. The molecule has 18 nitrogen and oxygen atoms in total. The fourth-order valence-electron chi connectivity index (χ4n) is 5.63. The summed E-state index contributed by atoms with van der Waals surface area (Å²) < 4.78 is 59.9. The fraction of sp³-hybridized carbons (Fsp3) is 0.500. The van der Waals surface area contributed by atoms with Crippen LogP contribution in [-0.4, -0.2) is 93.6 Å². The topological polar surface area (TPSA) is 234 Å². The number of hydrogen-bond acceptors (Lipinski definition) is 15. The summed E-state index contributed by atoms with van der Waals surface area (Å²) in [6.07, 6.45) is -8.12. The van der Waals surface area contributed by atoms with Crippen LogP contribution < -0.4 is 11.3 Å². The Kier molecular flexibility index (Phi) is 6.67. The number of cyclic esters (lactones) is 1. The Labute approximate surface area is 244 Å². The van der Waals surface area contributed by atoms with Crippen molar-refractivity contribution in [1.82, 2.24) is 39.0 Å². The normalized spacial score (nSPS) is 34.8. The number of nitrogens with zero attached hydrogens (tertiary/aromatic N) is 7. The molecule has 0 aromatic carbocycles. The summed E-state index contributed by atoms with van der Waals surface area (Å²) in [4.78, 5) is 48.2. The molecule has 7 rings (SSSR count). The lowest BCUT2D eigenvalue weighted by Crippen LogP contribution is -2.39. The number of aliphatic hydroxyl groups is 1. The van der Waals surface area contributed by atoms with Gasteiger partial charge < -0.3 is 34.6 Å². The number of alkyl halides is 1. The molecule has 1 aliphatic carbocycles. The van der Waals surface area contributed by atoms with Crippen LogP contribution >= 0.6 is 19.0 Å². The number of H-pyrrole nitrogens is 1. The van der Waals surface area contributed by atoms with Gasteiger partial charge >= 0.3 is 13.0 Å². The number of nitrogens with two attached hydrogens (primary N) is 1. The highest BCUT2D eigenvalue weighted by molar-refractivity contribution is 8.44. The second kappa shape index (κ2) is 10.2. The summed E-state index contributed by atoms with van der Waals surface area (Å²) >= 11 is 4.06. The molecule has 4 N–H and O–H groups in total. The van der Waals surface area contributed by atoms with Crippen molar-refractivity contribution in [3.63, 3.8) is 0 Å². The highest BCUT2D eigenvalue weighted by Crippen LogP contribution is 2.59. The summed E-state index contributed by atoms with van der Waals surface area (Å²) in [5.74, 6) is 0.361. The number of carbonyl (C=O) groups is 1. The van der Waals surface area contributed by atoms with E-state index >= 15 is 4.39 Å². The Morgan fingerprint density at radius 2 is 1.86 bits per heavy atom. The number of thiol groups is 1. The van der Waals surface area contributed by atoms with E-state index in [9.17, 15) is 19.3 Å². The van der Waals surface area contributed by atoms with Crippen LogP contribution in [0.25, 0.3) is 22.3 Å². The molecule has 2 saturated heterocycles. The van der Waals surface area contributed by atoms with Gasteiger partial charge in [-0.25, -0.2) is 38.7 Å². The standard InChI is InChI=1S/C22H23FN9O9PS/c1-7-29-19-13(20(34)30-7)28-5-31(19)8-2-9-14(33)15(8)39-22(35)37-3-10-16(41-42(36,43)40-9)11(23)21(38-10)32-6-27-12-17(24)25-4-26-18(12)32/h4-6,8-11,14-16,21,33H,2-3H2,1H3,(H,36,43)(H2,24,25,26)(H,29,30,34)/t8-,9+,10?,11-,14-,15+,16-,21-,42?/m1/s1. The summed E-state index contributed by atoms with van der Waals surface area (Å²) in [5.41, 5.74) is 5.87. The zero-order valence-electron chi connectivity index (χ0n) is 22.0. The highest BCUT2D eigenvalue weighted by atomic mass is 32.7. The first-order valence-corrected chi connectivity index (χ1v) is 15.6. The Balaban J connectivity index is 1.20. The van der Waals surface area contributed by atoms with E-state index in [1.165, 1.54) is 28.1 Å². The molecule has 9 atom stereocenters. The smallest absolute Gasteiger partial charge is 0.431 e. The van der Waals surface area contributed by atoms with Crippen molar-refractivity contribution in [3.8, 4) is 0 Å². The number of carbonyl (C=O) groups excluding carboxylic acids is 1. The predicted molar refractivity (Wildman–Crippen MR) is 144 cm³/mol. The van der Waals surface area contributed by atoms with Crippen molar-refractivity contribution in [2.24, 2.45) is 0 Å². The van der Waals surface area contributed by atoms with Crippen LogP contribution in [0.15, 0.2) is 23.8 Å². The molecule has 2 aliphatic heterocycles. The average Bonchev–Trinajstić information content (AvgIpc) is 3.69. The first-order valence-electron chi connectivity index (χ1n) is 12.9. The van der Waals surface area contributed by atoms with Crippen LogP contribution in [0.1, 0.15) is 24.5 Å². The Morgan fingerprint density at radius 1 is 1.09 bits per heavy atom. The van der Waals surface area contributed by atoms with Crippen molar-refractivity contribution in [2.75, 3.05) is 12.3 Å². The molecule has 0 spiro atoms. The summed E-state index contributed by atoms with van der Waals surface area (Å²) in [6, 6.07) is -0.890. The van der Waals surface area contributed by atoms with Gasteiger partial charge in [-0.05, 0) is 6.92 Å². The number of aromatic amines is 1. The molecule has 4 aromatic heterocycles. The maximum atomic E-state index is 16.0. The minimum absolute atomic E-state index is 0.0141. The van der Waals surface area contributed by atoms with E-state index in [4.69, 9.17) is 29.0 Å². The molecule has 2 bridgehead atoms. The second-order valence-electron chi connectivity index (χ2n) is 10.2. The minimum atomic E-state index is -4.42. The third-order valence-corrected chi connectivity index (χ3v) is 9.14. The van der Waals surface area contributed by atoms with Crippen LogP contribution in [0.3, 0.4) is 0 Å². The van der Waals surface area contributed by atoms with Gasteiger partial charge in [-0.1, -0.05) is 12.2 Å². The molecule has 2 unspecified atom stereocenters. The number of aliphatic hydroxyl groups excluding tert-OH is 1. The zero-order valence-corrected chi connectivity index (χ0v) is 23.7. The third kappa shape index (κ3) is 4.74. The Morgan fingerprint density at radius 3 is 2.67 bits per heavy atom. The lowest BCUT2D eigenvalue weighted by Gasteiger charge is -2.27. The number of fused-ring (bicyclic) bond motifs is 5. The van der Waals surface area contributed by atoms with Gasteiger partial charge in [0.2, 0.25) is 0 Å². The van der Waals surface area contributed by atoms with Crippen LogP contribution in [0.2, 0.25) is 0 Å². The number of imidazole rings is 2. The zero-order chi connectivity index (χ0) is 30.2. The number of nitrogens with one attached hydrogen (secondary N) is 1. The van der Waals surface area contributed by atoms with Crippen LogP contribution in [0.5, 0.6) is 0 Å². The number of rotatable bonds is 2. The van der Waals surface area contributed by atoms with Crippen molar-refractivity contribution < 1.29 is 42.1 Å². The lowest BCUT2D eigenvalue weighted by atomic mass is 10.1. The summed E-state index contributed by atoms with van der Waals surface area (Å²) in [6.45, 7) is -3.44. The number of anilines is 1. The van der Waals surface area contributed by atoms with E-state index in [0.717, 1.165) is 0 Å². The number of ether oxygens (including phenoxy) is 3. The van der Waals surface area contributed by atoms with Gasteiger partial charge in [-0.2, -0.15) is 0 Å². The van der Waals surface area contributed by atoms with Gasteiger partial charge in [0.15, 0.2) is 41.1 Å². The molecule has 0 radical (unpaired) electrons. The molecular weight excluding hydrogens is 616 g/mol. The van der Waals surface area contributed by atoms with Crippen molar-refractivity contribution >= 4 is 53.3 Å². The molecular formula is C22H23FN9O9PS. The van der Waals surface area contributed by atoms with E-state index in [1.54, 1.807) is 6.92 Å². The van der Waals surface area contributed by atoms with Crippen LogP contribution in [0, 0.1) is 6.92 Å². The number of halogens is 1. The highest BCUT2D eigenvalue weighted by Gasteiger charge is 2.54. The van der Waals surface area contributed by atoms with Gasteiger partial charge in [0, 0.05) is 6.42 Å². The number of aryl methyl sites for hydroxylation is 1. The van der Waals surface area contributed by atoms with E-state index in [1.807, 2.05) is 0 Å². The second-order valence-corrected chi connectivity index (χ2v) is 13.0. The van der Waals surface area contributed by atoms with Crippen LogP contribution in [-0.2, 0) is 27.8 Å². The molecule has 228 valence electrons. The number of hydrogen-bond donors (Lipinski definition) is 4. The van der Waals surface area contributed by atoms with Gasteiger partial charge in [-0.15, -0.1) is 0 Å². The molecule has 6 heterocycles. The fourth-order valence-corrected chi connectivity index (χ4v) is 7.49. The predicted octanol–water partition coefficient (Wildman–Crippen LogP) is 0.735. The molecule has 3 fully saturated rings. The molecule has 0 amide bonds. The van der Waals surface area contributed by atoms with Crippen LogP contribution in [0.4, 0.5) is 15.0 Å². The summed E-state index contributed by atoms with van der Waals surface area (Å²) in [5, 5.41) is 11.1. The molecule has 1 saturated carbocycles. The maximum absolute atomic E-state index is 16.0. The largest absolute Gasteiger partial charge is 0.508 e. The third-order valence-electron chi connectivity index (χ3n) is 7.53. The van der Waals surface area contributed by atoms with E-state index in [-0.39, 0.29) is 34.6 Å². The Hall–Kier alpha value is -3.68. The Bertz CT molecular complexity index is 1850. The lowest BCUT2D eigenvalue weighted by molar-refractivity contribution is -0.0830. The van der Waals surface area contributed by atoms with E-state index in [2.05, 4.69) is 42.2 Å². The van der Waals surface area contributed by atoms with Gasteiger partial charge in [0.1, 0.15) is 42.6 Å². The van der Waals surface area contributed by atoms with Gasteiger partial charge in [0.05, 0.1) is 24.8 Å². The molecule has 4 aromatic rings. The monoisotopic (exact) mass is 639 g/mol. The van der Waals surface area contributed by atoms with E-state index in [0.29, 0.717) is 5.82 Å². The summed E-state index contributed by atoms with van der Waals surface area (Å²) in [7, 11) is 0. The first-order chi connectivity index (χ1) is 20.5. The minimum Gasteiger partial charge on any atom is -0.431 e. The molecule has 43 heavy (non-hydrogen) atoms. The van der Waals surface area contributed by atoms with Crippen molar-refractivity contribution in [2.45, 2.75) is 62.3 Å². The SMILES string of the molecule is Cc1nc2c(ncn2[C@@H]2C[C@@H]3OP(=O)(S)O[C@@H]4C(COC(=O)O[C@@H]2[C@@H]3O)O[C@@H](n2cnc3c(N)ncnc32)[C@@H]4F)c(=O)[nH]1. The quantitative estimate of drug-likeness (QED) is 0.134. The van der Waals surface area contributed by atoms with E-state index < -0.39 is 74.1 Å². The van der Waals surface area contributed by atoms with Gasteiger partial charge in [0.25, 0.3) is 5.56 Å². The van der Waals surface area contributed by atoms with Crippen molar-refractivity contribution in [1.29, 1.82) is 0 Å². The number of nitrogen functional groups attached to an aromatic ring is 1. The maximum Gasteiger partial charge on any atom is 0.508 e. The van der Waals surface area contributed by atoms with Crippen molar-refractivity contribution in [3.05, 3.63) is 35.2 Å². The molecule has 21 heteroatoms. The molecule has 3 aliphatic rings. The van der Waals surface area contributed by atoms with Gasteiger partial charge in [-0.3, -0.25) is 18.4 Å². The first kappa shape index (κ1) is 28.1. The number of aromatic nitrogens is 8.